The van der Waals surface area contributed by atoms with Gasteiger partial charge in [0.15, 0.2) is 0 Å². The van der Waals surface area contributed by atoms with Crippen LogP contribution in [0.1, 0.15) is 53.6 Å². The molecule has 1 aliphatic carbocycles. The van der Waals surface area contributed by atoms with Crippen molar-refractivity contribution in [1.29, 1.82) is 0 Å². The molecule has 1 aromatic heterocycles. The minimum Gasteiger partial charge on any atom is -0.346 e. The van der Waals surface area contributed by atoms with Crippen molar-refractivity contribution in [3.05, 3.63) is 69.3 Å². The number of aromatic nitrogens is 1. The van der Waals surface area contributed by atoms with Crippen LogP contribution in [0.5, 0.6) is 0 Å². The molecule has 1 fully saturated rings. The van der Waals surface area contributed by atoms with E-state index in [1.165, 1.54) is 6.42 Å². The predicted octanol–water partition coefficient (Wildman–Crippen LogP) is 5.94. The molecule has 4 nitrogen and oxygen atoms in total. The van der Waals surface area contributed by atoms with Crippen LogP contribution in [0.3, 0.4) is 0 Å². The Kier molecular flexibility index (Phi) is 6.16. The first kappa shape index (κ1) is 21.0. The van der Waals surface area contributed by atoms with Crippen LogP contribution in [-0.2, 0) is 11.3 Å². The van der Waals surface area contributed by atoms with Crippen molar-refractivity contribution in [2.75, 3.05) is 0 Å². The highest BCUT2D eigenvalue weighted by molar-refractivity contribution is 6.49. The van der Waals surface area contributed by atoms with Crippen LogP contribution in [0.25, 0.3) is 10.9 Å². The number of fused-ring (bicyclic) bond motifs is 1. The standard InChI is InChI=1S/C24H24Cl2N2O2/c1-15-7-12-20-19(13-15)21(22(29)24(30)27-18-5-3-2-4-6-18)23(26)28(20)14-16-8-10-17(25)11-9-16/h7-13,18H,2-6,14H2,1H3,(H,27,30). The third kappa shape index (κ3) is 4.26. The molecule has 0 saturated heterocycles. The van der Waals surface area contributed by atoms with Crippen LogP contribution in [0, 0.1) is 6.92 Å². The molecular formula is C24H24Cl2N2O2. The first-order chi connectivity index (χ1) is 14.4. The number of nitrogens with one attached hydrogen (secondary N) is 1. The Labute approximate surface area is 186 Å². The van der Waals surface area contributed by atoms with Crippen molar-refractivity contribution in [2.45, 2.75) is 51.6 Å². The van der Waals surface area contributed by atoms with E-state index in [0.29, 0.717) is 17.0 Å². The maximum Gasteiger partial charge on any atom is 0.292 e. The van der Waals surface area contributed by atoms with E-state index in [4.69, 9.17) is 23.2 Å². The van der Waals surface area contributed by atoms with E-state index in [1.54, 1.807) is 0 Å². The van der Waals surface area contributed by atoms with Gasteiger partial charge in [-0.1, -0.05) is 66.2 Å². The zero-order chi connectivity index (χ0) is 21.3. The zero-order valence-electron chi connectivity index (χ0n) is 16.9. The summed E-state index contributed by atoms with van der Waals surface area (Å²) in [5.74, 6) is -1.15. The number of carbonyl (C=O) groups is 2. The number of amides is 1. The smallest absolute Gasteiger partial charge is 0.292 e. The number of aryl methyl sites for hydroxylation is 1. The summed E-state index contributed by atoms with van der Waals surface area (Å²) in [6.45, 7) is 2.44. The molecule has 6 heteroatoms. The molecule has 0 radical (unpaired) electrons. The third-order valence-corrected chi connectivity index (χ3v) is 6.43. The largest absolute Gasteiger partial charge is 0.346 e. The van der Waals surface area contributed by atoms with Gasteiger partial charge in [-0.25, -0.2) is 0 Å². The molecule has 4 rings (SSSR count). The number of hydrogen-bond donors (Lipinski definition) is 1. The highest BCUT2D eigenvalue weighted by atomic mass is 35.5. The van der Waals surface area contributed by atoms with Gasteiger partial charge < -0.3 is 9.88 Å². The lowest BCUT2D eigenvalue weighted by Gasteiger charge is -2.22. The molecular weight excluding hydrogens is 419 g/mol. The first-order valence-corrected chi connectivity index (χ1v) is 11.1. The quantitative estimate of drug-likeness (QED) is 0.392. The Hall–Kier alpha value is -2.30. The van der Waals surface area contributed by atoms with E-state index in [2.05, 4.69) is 5.32 Å². The number of hydrogen-bond acceptors (Lipinski definition) is 2. The SMILES string of the molecule is Cc1ccc2c(c1)c(C(=O)C(=O)NC1CCCCC1)c(Cl)n2Cc1ccc(Cl)cc1. The molecule has 30 heavy (non-hydrogen) atoms. The van der Waals surface area contributed by atoms with E-state index >= 15 is 0 Å². The summed E-state index contributed by atoms with van der Waals surface area (Å²) >= 11 is 12.7. The number of rotatable bonds is 5. The van der Waals surface area contributed by atoms with Crippen LogP contribution in [0.15, 0.2) is 42.5 Å². The Morgan fingerprint density at radius 2 is 1.73 bits per heavy atom. The Morgan fingerprint density at radius 3 is 2.43 bits per heavy atom. The third-order valence-electron chi connectivity index (χ3n) is 5.78. The van der Waals surface area contributed by atoms with Crippen LogP contribution in [0.4, 0.5) is 0 Å². The molecule has 0 aliphatic heterocycles. The summed E-state index contributed by atoms with van der Waals surface area (Å²) in [5.41, 5.74) is 3.11. The highest BCUT2D eigenvalue weighted by Gasteiger charge is 2.28. The topological polar surface area (TPSA) is 51.1 Å². The normalized spacial score (nSPS) is 14.8. The second-order valence-electron chi connectivity index (χ2n) is 8.04. The van der Waals surface area contributed by atoms with Crippen LogP contribution in [-0.4, -0.2) is 22.3 Å². The van der Waals surface area contributed by atoms with E-state index in [9.17, 15) is 9.59 Å². The average molecular weight is 443 g/mol. The molecule has 156 valence electrons. The summed E-state index contributed by atoms with van der Waals surface area (Å²) in [6, 6.07) is 13.4. The van der Waals surface area contributed by atoms with Gasteiger partial charge in [0.1, 0.15) is 5.15 Å². The van der Waals surface area contributed by atoms with Gasteiger partial charge in [-0.3, -0.25) is 9.59 Å². The van der Waals surface area contributed by atoms with Crippen LogP contribution < -0.4 is 5.32 Å². The highest BCUT2D eigenvalue weighted by Crippen LogP contribution is 2.32. The van der Waals surface area contributed by atoms with Gasteiger partial charge in [-0.2, -0.15) is 0 Å². The van der Waals surface area contributed by atoms with Crippen LogP contribution in [0.2, 0.25) is 10.2 Å². The van der Waals surface area contributed by atoms with E-state index in [0.717, 1.165) is 42.3 Å². The van der Waals surface area contributed by atoms with Gasteiger partial charge >= 0.3 is 0 Å². The fraction of sp³-hybridized carbons (Fsp3) is 0.333. The van der Waals surface area contributed by atoms with Gasteiger partial charge in [0.2, 0.25) is 0 Å². The summed E-state index contributed by atoms with van der Waals surface area (Å²) in [4.78, 5) is 25.9. The summed E-state index contributed by atoms with van der Waals surface area (Å²) in [5, 5.41) is 4.57. The van der Waals surface area contributed by atoms with Crippen molar-refractivity contribution < 1.29 is 9.59 Å². The lowest BCUT2D eigenvalue weighted by molar-refractivity contribution is -0.117. The van der Waals surface area contributed by atoms with Gasteiger partial charge in [0.05, 0.1) is 11.1 Å². The van der Waals surface area contributed by atoms with Gasteiger partial charge in [-0.15, -0.1) is 0 Å². The van der Waals surface area contributed by atoms with Crippen molar-refractivity contribution in [1.82, 2.24) is 9.88 Å². The number of benzene rings is 2. The molecule has 0 atom stereocenters. The maximum absolute atomic E-state index is 13.1. The molecule has 0 unspecified atom stereocenters. The average Bonchev–Trinajstić information content (AvgIpc) is 3.00. The number of nitrogens with zero attached hydrogens (tertiary/aromatic N) is 1. The van der Waals surface area contributed by atoms with Crippen molar-refractivity contribution in [3.63, 3.8) is 0 Å². The van der Waals surface area contributed by atoms with Gasteiger partial charge in [0.25, 0.3) is 11.7 Å². The Morgan fingerprint density at radius 1 is 1.03 bits per heavy atom. The number of halogens is 2. The van der Waals surface area contributed by atoms with Crippen molar-refractivity contribution in [2.24, 2.45) is 0 Å². The van der Waals surface area contributed by atoms with Gasteiger partial charge in [0, 0.05) is 23.0 Å². The van der Waals surface area contributed by atoms with Crippen molar-refractivity contribution >= 4 is 45.8 Å². The first-order valence-electron chi connectivity index (χ1n) is 10.3. The Balaban J connectivity index is 1.70. The maximum atomic E-state index is 13.1. The minimum atomic E-state index is -0.573. The van der Waals surface area contributed by atoms with E-state index in [-0.39, 0.29) is 16.8 Å². The predicted molar refractivity (Wildman–Crippen MR) is 122 cm³/mol. The monoisotopic (exact) mass is 442 g/mol. The van der Waals surface area contributed by atoms with Crippen molar-refractivity contribution in [3.8, 4) is 0 Å². The second kappa shape index (κ2) is 8.83. The summed E-state index contributed by atoms with van der Waals surface area (Å²) in [7, 11) is 0. The zero-order valence-corrected chi connectivity index (χ0v) is 18.4. The minimum absolute atomic E-state index is 0.0677. The lowest BCUT2D eigenvalue weighted by atomic mass is 9.95. The molecule has 0 bridgehead atoms. The number of carbonyl (C=O) groups excluding carboxylic acids is 2. The fourth-order valence-corrected chi connectivity index (χ4v) is 4.66. The number of Topliss-reactive ketones (excluding diaryl/α,β-unsaturated/α-hetero) is 1. The summed E-state index contributed by atoms with van der Waals surface area (Å²) in [6.07, 6.45) is 5.19. The molecule has 1 saturated carbocycles. The van der Waals surface area contributed by atoms with E-state index < -0.39 is 11.7 Å². The molecule has 3 aromatic rings. The van der Waals surface area contributed by atoms with Gasteiger partial charge in [-0.05, 0) is 49.6 Å². The second-order valence-corrected chi connectivity index (χ2v) is 8.83. The fourth-order valence-electron chi connectivity index (χ4n) is 4.19. The number of ketones is 1. The molecule has 1 aliphatic rings. The Bertz CT molecular complexity index is 1100. The lowest BCUT2D eigenvalue weighted by Crippen LogP contribution is -2.40. The van der Waals surface area contributed by atoms with E-state index in [1.807, 2.05) is 54.0 Å². The summed E-state index contributed by atoms with van der Waals surface area (Å²) < 4.78 is 1.88. The molecule has 1 N–H and O–H groups in total. The molecule has 2 aromatic carbocycles. The molecule has 0 spiro atoms. The molecule has 1 amide bonds. The van der Waals surface area contributed by atoms with Crippen LogP contribution >= 0.6 is 23.2 Å². The molecule has 1 heterocycles.